The topological polar surface area (TPSA) is 58.4 Å². The van der Waals surface area contributed by atoms with Crippen LogP contribution >= 0.6 is 0 Å². The summed E-state index contributed by atoms with van der Waals surface area (Å²) in [5.41, 5.74) is 0.890. The van der Waals surface area contributed by atoms with Crippen molar-refractivity contribution in [2.75, 3.05) is 13.1 Å². The van der Waals surface area contributed by atoms with Crippen molar-refractivity contribution in [1.82, 2.24) is 14.7 Å². The normalized spacial score (nSPS) is 15.6. The molecule has 1 saturated carbocycles. The highest BCUT2D eigenvalue weighted by molar-refractivity contribution is 5.95. The van der Waals surface area contributed by atoms with Gasteiger partial charge in [-0.2, -0.15) is 5.10 Å². The molecule has 5 heteroatoms. The Morgan fingerprint density at radius 3 is 2.57 bits per heavy atom. The minimum atomic E-state index is -0.889. The van der Waals surface area contributed by atoms with E-state index in [4.69, 9.17) is 0 Å². The lowest BCUT2D eigenvalue weighted by Crippen LogP contribution is -2.42. The second-order valence-corrected chi connectivity index (χ2v) is 6.89. The number of hydrogen-bond acceptors (Lipinski definition) is 3. The minimum Gasteiger partial charge on any atom is -0.389 e. The highest BCUT2D eigenvalue weighted by Crippen LogP contribution is 2.42. The molecule has 0 aliphatic heterocycles. The summed E-state index contributed by atoms with van der Waals surface area (Å²) in [6.07, 6.45) is 3.97. The standard InChI is InChI=1S/C16H27N3O2/c1-6-18(10-16(4,5)21)15(20)13-9-17-19(11(2)3)14(13)12-7-8-12/h9,11-12,21H,6-8,10H2,1-5H3. The van der Waals surface area contributed by atoms with E-state index in [-0.39, 0.29) is 11.9 Å². The predicted octanol–water partition coefficient (Wildman–Crippen LogP) is 2.57. The van der Waals surface area contributed by atoms with Crippen molar-refractivity contribution >= 4 is 5.91 Å². The molecule has 1 aliphatic rings. The Morgan fingerprint density at radius 2 is 2.14 bits per heavy atom. The highest BCUT2D eigenvalue weighted by atomic mass is 16.3. The van der Waals surface area contributed by atoms with Crippen LogP contribution < -0.4 is 0 Å². The minimum absolute atomic E-state index is 0.0200. The molecule has 1 aromatic rings. The molecule has 21 heavy (non-hydrogen) atoms. The van der Waals surface area contributed by atoms with Crippen LogP contribution in [0.3, 0.4) is 0 Å². The Morgan fingerprint density at radius 1 is 1.52 bits per heavy atom. The van der Waals surface area contributed by atoms with Crippen LogP contribution in [0.5, 0.6) is 0 Å². The van der Waals surface area contributed by atoms with E-state index in [1.165, 1.54) is 0 Å². The third kappa shape index (κ3) is 3.64. The van der Waals surface area contributed by atoms with Crippen molar-refractivity contribution in [3.8, 4) is 0 Å². The molecule has 0 spiro atoms. The van der Waals surface area contributed by atoms with E-state index in [0.29, 0.717) is 24.6 Å². The van der Waals surface area contributed by atoms with Crippen LogP contribution in [0.1, 0.15) is 75.5 Å². The first-order valence-electron chi connectivity index (χ1n) is 7.83. The van der Waals surface area contributed by atoms with Gasteiger partial charge in [-0.15, -0.1) is 0 Å². The lowest BCUT2D eigenvalue weighted by Gasteiger charge is -2.28. The van der Waals surface area contributed by atoms with Gasteiger partial charge in [0.1, 0.15) is 0 Å². The van der Waals surface area contributed by atoms with Crippen molar-refractivity contribution in [2.24, 2.45) is 0 Å². The summed E-state index contributed by atoms with van der Waals surface area (Å²) < 4.78 is 1.98. The van der Waals surface area contributed by atoms with Gasteiger partial charge in [-0.25, -0.2) is 0 Å². The van der Waals surface area contributed by atoms with Gasteiger partial charge in [-0.1, -0.05) is 0 Å². The van der Waals surface area contributed by atoms with E-state index in [1.807, 2.05) is 11.6 Å². The summed E-state index contributed by atoms with van der Waals surface area (Å²) in [5, 5.41) is 14.4. The zero-order valence-corrected chi connectivity index (χ0v) is 13.8. The largest absolute Gasteiger partial charge is 0.389 e. The van der Waals surface area contributed by atoms with Crippen LogP contribution in [-0.2, 0) is 0 Å². The zero-order valence-electron chi connectivity index (χ0n) is 13.8. The van der Waals surface area contributed by atoms with Gasteiger partial charge in [0, 0.05) is 25.0 Å². The first kappa shape index (κ1) is 16.0. The van der Waals surface area contributed by atoms with Gasteiger partial charge in [0.25, 0.3) is 5.91 Å². The highest BCUT2D eigenvalue weighted by Gasteiger charge is 2.34. The molecule has 1 amide bonds. The monoisotopic (exact) mass is 293 g/mol. The molecule has 1 fully saturated rings. The molecular weight excluding hydrogens is 266 g/mol. The van der Waals surface area contributed by atoms with Crippen LogP contribution in [-0.4, -0.2) is 44.4 Å². The fraction of sp³-hybridized carbons (Fsp3) is 0.750. The first-order chi connectivity index (χ1) is 9.74. The number of carbonyl (C=O) groups is 1. The molecule has 5 nitrogen and oxygen atoms in total. The Hall–Kier alpha value is -1.36. The summed E-state index contributed by atoms with van der Waals surface area (Å²) in [7, 11) is 0. The third-order valence-corrected chi connectivity index (χ3v) is 3.76. The van der Waals surface area contributed by atoms with E-state index in [0.717, 1.165) is 18.5 Å². The number of aromatic nitrogens is 2. The Bertz CT molecular complexity index is 510. The van der Waals surface area contributed by atoms with Gasteiger partial charge in [0.15, 0.2) is 0 Å². The van der Waals surface area contributed by atoms with Crippen molar-refractivity contribution in [3.05, 3.63) is 17.5 Å². The van der Waals surface area contributed by atoms with Crippen molar-refractivity contribution < 1.29 is 9.90 Å². The Balaban J connectivity index is 2.30. The fourth-order valence-corrected chi connectivity index (χ4v) is 2.68. The van der Waals surface area contributed by atoms with E-state index < -0.39 is 5.60 Å². The molecule has 0 atom stereocenters. The molecule has 118 valence electrons. The smallest absolute Gasteiger partial charge is 0.257 e. The second-order valence-electron chi connectivity index (χ2n) is 6.89. The van der Waals surface area contributed by atoms with Gasteiger partial charge in [0.05, 0.1) is 23.1 Å². The van der Waals surface area contributed by atoms with Crippen LogP contribution in [0.25, 0.3) is 0 Å². The Labute approximate surface area is 126 Å². The fourth-order valence-electron chi connectivity index (χ4n) is 2.68. The van der Waals surface area contributed by atoms with Crippen LogP contribution in [0, 0.1) is 0 Å². The molecule has 1 aliphatic carbocycles. The Kier molecular flexibility index (Phi) is 4.42. The van der Waals surface area contributed by atoms with E-state index >= 15 is 0 Å². The van der Waals surface area contributed by atoms with Crippen molar-refractivity contribution in [1.29, 1.82) is 0 Å². The third-order valence-electron chi connectivity index (χ3n) is 3.76. The van der Waals surface area contributed by atoms with Gasteiger partial charge in [-0.05, 0) is 47.5 Å². The average molecular weight is 293 g/mol. The average Bonchev–Trinajstić information content (AvgIpc) is 3.12. The van der Waals surface area contributed by atoms with Gasteiger partial charge in [0.2, 0.25) is 0 Å². The van der Waals surface area contributed by atoms with Crippen LogP contribution in [0.2, 0.25) is 0 Å². The molecule has 0 saturated heterocycles. The SMILES string of the molecule is CCN(CC(C)(C)O)C(=O)c1cnn(C(C)C)c1C1CC1. The molecule has 2 rings (SSSR count). The predicted molar refractivity (Wildman–Crippen MR) is 82.5 cm³/mol. The summed E-state index contributed by atoms with van der Waals surface area (Å²) in [6, 6.07) is 0.256. The van der Waals surface area contributed by atoms with Gasteiger partial charge < -0.3 is 10.0 Å². The molecule has 0 radical (unpaired) electrons. The summed E-state index contributed by atoms with van der Waals surface area (Å²) in [5.74, 6) is 0.447. The van der Waals surface area contributed by atoms with E-state index in [9.17, 15) is 9.90 Å². The number of nitrogens with zero attached hydrogens (tertiary/aromatic N) is 3. The molecular formula is C16H27N3O2. The quantitative estimate of drug-likeness (QED) is 0.877. The maximum absolute atomic E-state index is 12.8. The lowest BCUT2D eigenvalue weighted by atomic mass is 10.1. The maximum atomic E-state index is 12.8. The lowest BCUT2D eigenvalue weighted by molar-refractivity contribution is 0.0314. The molecule has 0 aromatic carbocycles. The summed E-state index contributed by atoms with van der Waals surface area (Å²) >= 11 is 0. The number of carbonyl (C=O) groups excluding carboxylic acids is 1. The molecule has 1 aromatic heterocycles. The van der Waals surface area contributed by atoms with Crippen molar-refractivity contribution in [3.63, 3.8) is 0 Å². The van der Waals surface area contributed by atoms with Gasteiger partial charge >= 0.3 is 0 Å². The molecule has 1 N–H and O–H groups in total. The summed E-state index contributed by atoms with van der Waals surface area (Å²) in [4.78, 5) is 14.5. The van der Waals surface area contributed by atoms with Crippen LogP contribution in [0.4, 0.5) is 0 Å². The number of aliphatic hydroxyl groups is 1. The molecule has 0 bridgehead atoms. The van der Waals surface area contributed by atoms with E-state index in [1.54, 1.807) is 24.9 Å². The number of hydrogen-bond donors (Lipinski definition) is 1. The zero-order chi connectivity index (χ0) is 15.8. The second kappa shape index (κ2) is 5.79. The number of likely N-dealkylation sites (N-methyl/N-ethyl adjacent to an activating group) is 1. The van der Waals surface area contributed by atoms with E-state index in [2.05, 4.69) is 18.9 Å². The first-order valence-corrected chi connectivity index (χ1v) is 7.83. The number of rotatable bonds is 6. The number of amides is 1. The van der Waals surface area contributed by atoms with Crippen molar-refractivity contribution in [2.45, 2.75) is 65.0 Å². The molecule has 1 heterocycles. The maximum Gasteiger partial charge on any atom is 0.257 e. The van der Waals surface area contributed by atoms with Crippen LogP contribution in [0.15, 0.2) is 6.20 Å². The summed E-state index contributed by atoms with van der Waals surface area (Å²) in [6.45, 7) is 10.5. The van der Waals surface area contributed by atoms with Gasteiger partial charge in [-0.3, -0.25) is 9.48 Å². The molecule has 0 unspecified atom stereocenters.